The maximum Gasteiger partial charge on any atom is 0.391 e. The van der Waals surface area contributed by atoms with Crippen LogP contribution in [0.25, 0.3) is 10.6 Å². The number of aromatic carboxylic acids is 1. The van der Waals surface area contributed by atoms with Crippen molar-refractivity contribution in [3.8, 4) is 16.3 Å². The van der Waals surface area contributed by atoms with Gasteiger partial charge in [0.25, 0.3) is 0 Å². The molecule has 1 fully saturated rings. The van der Waals surface area contributed by atoms with Crippen LogP contribution in [0.5, 0.6) is 5.75 Å². The van der Waals surface area contributed by atoms with Crippen molar-refractivity contribution in [2.45, 2.75) is 42.8 Å². The minimum absolute atomic E-state index is 0.136. The third kappa shape index (κ3) is 5.90. The van der Waals surface area contributed by atoms with Gasteiger partial charge in [-0.15, -0.1) is 11.3 Å². The van der Waals surface area contributed by atoms with Gasteiger partial charge < -0.3 is 14.6 Å². The minimum Gasteiger partial charge on any atom is -0.495 e. The first-order chi connectivity index (χ1) is 16.7. The lowest BCUT2D eigenvalue weighted by Crippen LogP contribution is -2.27. The molecule has 0 bridgehead atoms. The predicted molar refractivity (Wildman–Crippen MR) is 128 cm³/mol. The summed E-state index contributed by atoms with van der Waals surface area (Å²) in [6, 6.07) is 9.94. The molecule has 4 rings (SSSR count). The lowest BCUT2D eigenvalue weighted by Gasteiger charge is -2.30. The molecule has 0 radical (unpaired) electrons. The Hall–Kier alpha value is -2.79. The maximum absolute atomic E-state index is 14.1. The molecule has 11 heteroatoms. The Bertz CT molecular complexity index is 1190. The predicted octanol–water partition coefficient (Wildman–Crippen LogP) is 7.61. The largest absolute Gasteiger partial charge is 0.495 e. The summed E-state index contributed by atoms with van der Waals surface area (Å²) in [5, 5.41) is 12.3. The van der Waals surface area contributed by atoms with Crippen molar-refractivity contribution in [1.29, 1.82) is 0 Å². The summed E-state index contributed by atoms with van der Waals surface area (Å²) in [4.78, 5) is 15.7. The molecule has 0 saturated heterocycles. The number of halogens is 4. The van der Waals surface area contributed by atoms with E-state index in [0.717, 1.165) is 40.2 Å². The number of alkyl halides is 3. The van der Waals surface area contributed by atoms with Crippen molar-refractivity contribution in [1.82, 2.24) is 4.98 Å². The number of hydrogen-bond donors (Lipinski definition) is 2. The molecule has 0 unspecified atom stereocenters. The third-order valence-corrected chi connectivity index (χ3v) is 7.87. The van der Waals surface area contributed by atoms with Crippen molar-refractivity contribution in [2.24, 2.45) is 5.92 Å². The molecule has 3 aromatic rings. The first kappa shape index (κ1) is 25.3. The van der Waals surface area contributed by atoms with Crippen LogP contribution in [0.1, 0.15) is 47.5 Å². The van der Waals surface area contributed by atoms with Crippen LogP contribution in [0.3, 0.4) is 0 Å². The maximum atomic E-state index is 14.1. The molecule has 0 aliphatic heterocycles. The van der Waals surface area contributed by atoms with Crippen LogP contribution < -0.4 is 9.46 Å². The second-order valence-electron chi connectivity index (χ2n) is 8.24. The van der Waals surface area contributed by atoms with E-state index in [4.69, 9.17) is 9.84 Å². The Morgan fingerprint density at radius 1 is 1.17 bits per heavy atom. The van der Waals surface area contributed by atoms with Gasteiger partial charge in [0.05, 0.1) is 24.3 Å². The Morgan fingerprint density at radius 3 is 2.46 bits per heavy atom. The van der Waals surface area contributed by atoms with Crippen LogP contribution in [0.4, 0.5) is 23.2 Å². The fraction of sp³-hybridized carbons (Fsp3) is 0.333. The number of nitrogens with one attached hydrogen (secondary N) is 1. The molecule has 5 nitrogen and oxygen atoms in total. The Morgan fingerprint density at radius 2 is 1.86 bits per heavy atom. The summed E-state index contributed by atoms with van der Waals surface area (Å²) in [7, 11) is 1.36. The van der Waals surface area contributed by atoms with Crippen LogP contribution in [0.2, 0.25) is 0 Å². The Balaban J connectivity index is 1.39. The highest BCUT2D eigenvalue weighted by atomic mass is 32.2. The van der Waals surface area contributed by atoms with Gasteiger partial charge in [0.15, 0.2) is 0 Å². The van der Waals surface area contributed by atoms with Gasteiger partial charge in [0.2, 0.25) is 0 Å². The summed E-state index contributed by atoms with van der Waals surface area (Å²) in [5.74, 6) is -3.13. The first-order valence-electron chi connectivity index (χ1n) is 10.8. The zero-order chi connectivity index (χ0) is 25.2. The van der Waals surface area contributed by atoms with E-state index in [2.05, 4.69) is 9.71 Å². The van der Waals surface area contributed by atoms with Crippen molar-refractivity contribution < 1.29 is 32.2 Å². The molecule has 1 heterocycles. The van der Waals surface area contributed by atoms with Crippen molar-refractivity contribution >= 4 is 34.9 Å². The number of rotatable bonds is 7. The number of thiazole rings is 1. The average molecular weight is 527 g/mol. The molecule has 35 heavy (non-hydrogen) atoms. The van der Waals surface area contributed by atoms with E-state index < -0.39 is 29.4 Å². The summed E-state index contributed by atoms with van der Waals surface area (Å²) in [5.41, 5.74) is 1.73. The molecule has 1 aromatic heterocycles. The van der Waals surface area contributed by atoms with Crippen LogP contribution in [0, 0.1) is 11.7 Å². The zero-order valence-electron chi connectivity index (χ0n) is 18.6. The number of carboxylic acid groups (broad SMARTS) is 1. The molecule has 186 valence electrons. The summed E-state index contributed by atoms with van der Waals surface area (Å²) in [6.45, 7) is 0. The van der Waals surface area contributed by atoms with Gasteiger partial charge in [0, 0.05) is 29.0 Å². The van der Waals surface area contributed by atoms with E-state index in [-0.39, 0.29) is 30.2 Å². The minimum atomic E-state index is -4.11. The van der Waals surface area contributed by atoms with Crippen LogP contribution in [-0.2, 0) is 0 Å². The Kier molecular flexibility index (Phi) is 7.56. The average Bonchev–Trinajstić information content (AvgIpc) is 3.31. The van der Waals surface area contributed by atoms with E-state index in [0.29, 0.717) is 17.9 Å². The van der Waals surface area contributed by atoms with Crippen molar-refractivity contribution in [3.63, 3.8) is 0 Å². The van der Waals surface area contributed by atoms with Gasteiger partial charge in [-0.3, -0.25) is 0 Å². The molecule has 1 saturated carbocycles. The number of carbonyl (C=O) groups is 1. The van der Waals surface area contributed by atoms with E-state index in [9.17, 15) is 22.4 Å². The van der Waals surface area contributed by atoms with Gasteiger partial charge in [-0.25, -0.2) is 14.2 Å². The number of benzene rings is 2. The SMILES string of the molecule is COc1cc(C(=O)O)c(F)cc1NSc1csc(-c2ccc(C3CCC(C(F)(F)F)CC3)cc2)n1. The fourth-order valence-corrected chi connectivity index (χ4v) is 5.76. The fourth-order valence-electron chi connectivity index (χ4n) is 4.16. The number of nitrogens with zero attached hydrogens (tertiary/aromatic N) is 1. The van der Waals surface area contributed by atoms with E-state index >= 15 is 0 Å². The van der Waals surface area contributed by atoms with Gasteiger partial charge in [-0.05, 0) is 43.2 Å². The van der Waals surface area contributed by atoms with Crippen LogP contribution >= 0.6 is 23.3 Å². The number of aromatic nitrogens is 1. The van der Waals surface area contributed by atoms with Gasteiger partial charge in [0.1, 0.15) is 21.6 Å². The molecular formula is C24H22F4N2O3S2. The quantitative estimate of drug-likeness (QED) is 0.244. The molecule has 0 atom stereocenters. The van der Waals surface area contributed by atoms with Crippen LogP contribution in [-0.4, -0.2) is 29.3 Å². The summed E-state index contributed by atoms with van der Waals surface area (Å²) >= 11 is 2.55. The second-order valence-corrected chi connectivity index (χ2v) is 9.93. The molecule has 2 N–H and O–H groups in total. The topological polar surface area (TPSA) is 71.5 Å². The number of ether oxygens (including phenoxy) is 1. The second kappa shape index (κ2) is 10.4. The zero-order valence-corrected chi connectivity index (χ0v) is 20.2. The number of carboxylic acids is 1. The molecule has 1 aliphatic carbocycles. The monoisotopic (exact) mass is 526 g/mol. The molecule has 0 amide bonds. The third-order valence-electron chi connectivity index (χ3n) is 6.09. The summed E-state index contributed by atoms with van der Waals surface area (Å²) < 4.78 is 60.9. The highest BCUT2D eigenvalue weighted by Gasteiger charge is 2.41. The number of anilines is 1. The lowest BCUT2D eigenvalue weighted by atomic mass is 9.78. The Labute approximate surface area is 207 Å². The van der Waals surface area contributed by atoms with E-state index in [1.165, 1.54) is 18.4 Å². The van der Waals surface area contributed by atoms with Crippen molar-refractivity contribution in [2.75, 3.05) is 11.8 Å². The highest BCUT2D eigenvalue weighted by Crippen LogP contribution is 2.43. The smallest absolute Gasteiger partial charge is 0.391 e. The first-order valence-corrected chi connectivity index (χ1v) is 12.5. The molecular weight excluding hydrogens is 504 g/mol. The van der Waals surface area contributed by atoms with E-state index in [1.807, 2.05) is 29.6 Å². The highest BCUT2D eigenvalue weighted by molar-refractivity contribution is 8.00. The van der Waals surface area contributed by atoms with Gasteiger partial charge >= 0.3 is 12.1 Å². The number of hydrogen-bond acceptors (Lipinski definition) is 6. The van der Waals surface area contributed by atoms with Crippen molar-refractivity contribution in [3.05, 3.63) is 58.7 Å². The van der Waals surface area contributed by atoms with Gasteiger partial charge in [-0.2, -0.15) is 13.2 Å². The van der Waals surface area contributed by atoms with Gasteiger partial charge in [-0.1, -0.05) is 24.3 Å². The standard InChI is InChI=1S/C24H22F4N2O3S2/c1-33-20-10-17(23(31)32)18(25)11-19(20)30-35-21-12-34-22(29-21)15-4-2-13(3-5-15)14-6-8-16(9-7-14)24(26,27)28/h2-5,10-12,14,16,30H,6-9H2,1H3,(H,31,32). The summed E-state index contributed by atoms with van der Waals surface area (Å²) in [6.07, 6.45) is -2.70. The number of methoxy groups -OCH3 is 1. The normalized spacial score (nSPS) is 18.3. The molecule has 1 aliphatic rings. The van der Waals surface area contributed by atoms with Crippen LogP contribution in [0.15, 0.2) is 46.8 Å². The molecule has 0 spiro atoms. The van der Waals surface area contributed by atoms with E-state index in [1.54, 1.807) is 0 Å². The molecule has 2 aromatic carbocycles. The lowest BCUT2D eigenvalue weighted by molar-refractivity contribution is -0.182.